The van der Waals surface area contributed by atoms with Crippen LogP contribution in [0, 0.1) is 23.4 Å². The first-order valence-corrected chi connectivity index (χ1v) is 46.4. The molecular formula is C96H118F3N17O21S. The van der Waals surface area contributed by atoms with Gasteiger partial charge < -0.3 is 114 Å². The fraction of sp³-hybridized carbons (Fsp3) is 0.438. The molecular weight excluding hydrogens is 1820 g/mol. The predicted octanol–water partition coefficient (Wildman–Crippen LogP) is 0.443. The third kappa shape index (κ3) is 28.8. The van der Waals surface area contributed by atoms with E-state index >= 15 is 51.9 Å². The lowest BCUT2D eigenvalue weighted by atomic mass is 9.98. The van der Waals surface area contributed by atoms with Gasteiger partial charge in [-0.2, -0.15) is 0 Å². The van der Waals surface area contributed by atoms with Gasteiger partial charge >= 0.3 is 5.97 Å². The molecule has 38 nitrogen and oxygen atoms in total. The van der Waals surface area contributed by atoms with Crippen molar-refractivity contribution >= 4 is 117 Å². The molecule has 0 aliphatic carbocycles. The summed E-state index contributed by atoms with van der Waals surface area (Å²) in [5.41, 5.74) is 13.6. The molecule has 3 saturated heterocycles. The Bertz CT molecular complexity index is 5510. The van der Waals surface area contributed by atoms with E-state index in [1.165, 1.54) is 76.5 Å². The fourth-order valence-electron chi connectivity index (χ4n) is 16.9. The monoisotopic (exact) mass is 1930 g/mol. The number of phenolic OH excluding ortho intramolecular Hbond substituents is 2. The van der Waals surface area contributed by atoms with E-state index in [4.69, 9.17) is 11.5 Å². The second-order valence-corrected chi connectivity index (χ2v) is 36.1. The number of nitrogens with two attached hydrogens (primary N) is 2. The number of amides is 15. The molecule has 3 aliphatic rings. The molecule has 138 heavy (non-hydrogen) atoms. The lowest BCUT2D eigenvalue weighted by molar-refractivity contribution is -0.152. The van der Waals surface area contributed by atoms with Crippen LogP contribution in [0.5, 0.6) is 11.5 Å². The molecule has 10 rings (SSSR count). The number of carbonyl (C=O) groups excluding carboxylic acids is 15. The van der Waals surface area contributed by atoms with E-state index in [-0.39, 0.29) is 69.4 Å². The number of aliphatic hydroxyl groups is 2. The van der Waals surface area contributed by atoms with Crippen LogP contribution in [-0.2, 0) is 115 Å². The largest absolute Gasteiger partial charge is 0.508 e. The number of aromatic nitrogens is 1. The molecule has 19 N–H and O–H groups in total. The summed E-state index contributed by atoms with van der Waals surface area (Å²) < 4.78 is 45.2. The second-order valence-electron chi connectivity index (χ2n) is 35.0. The highest BCUT2D eigenvalue weighted by Gasteiger charge is 2.48. The summed E-state index contributed by atoms with van der Waals surface area (Å²) >= 11 is 0.634. The molecule has 4 heterocycles. The molecule has 3 fully saturated rings. The molecule has 0 radical (unpaired) electrons. The number of para-hydroxylation sites is 1. The number of primary amides is 1. The highest BCUT2D eigenvalue weighted by Crippen LogP contribution is 2.29. The van der Waals surface area contributed by atoms with Gasteiger partial charge in [-0.3, -0.25) is 76.7 Å². The van der Waals surface area contributed by atoms with Crippen molar-refractivity contribution in [2.75, 3.05) is 58.8 Å². The summed E-state index contributed by atoms with van der Waals surface area (Å²) in [6.07, 6.45) is -5.89. The molecule has 740 valence electrons. The minimum Gasteiger partial charge on any atom is -0.508 e. The summed E-state index contributed by atoms with van der Waals surface area (Å²) in [5.74, 6) is -25.4. The standard InChI is InChI=1S/C96H118F3N17O21S/c1-7-8-25-74-95(136)116-49-62(120)44-77(116)91(132)108-70(45-81(123)124)88(129)111-83(52(2)3)96(137)113(5)75(40-53-18-11-9-12-19-53)89(130)109-72(38-56-28-32-60(118)33-29-56)93(134)115-48-61(119)43-76(115)90(131)107-69(42-58-46-102-66-23-16-15-22-63(58)66)87(128)106-68(37-55-26-30-59(117)31-27-55)86(127)105-67(24-17-34-100)85(126)110-73(84(125)103-47-79(101)121)50-138-51-80(122)104-71(39-57-35-64(97)82(99)65(98)36-57)92(133)114(6)78(94(135)112(74)4)41-54-20-13-10-14-21-54/h9-16,18-23,26-33,35-36,46,52,61-62,67-78,83,102,117-120H,7-8,17,24-25,34,37-45,47-51,100H2,1-6H3,(H2,101,121)(H,103,125)(H,104,122)(H,105,127)(H,106,128)(H,107,131)(H,108,132)(H,109,130)(H,110,126)(H,111,129)(H,123,124)/t61-,62-,67-,68-,69-,70-,71-,72+,73-,74-,75+,76+,77+,78-,83-/m0/s1. The summed E-state index contributed by atoms with van der Waals surface area (Å²) in [7, 11) is 3.61. The van der Waals surface area contributed by atoms with E-state index in [9.17, 15) is 63.5 Å². The van der Waals surface area contributed by atoms with Crippen LogP contribution in [0.1, 0.15) is 106 Å². The first-order chi connectivity index (χ1) is 65.7. The number of fused-ring (bicyclic) bond motifs is 3. The van der Waals surface area contributed by atoms with E-state index in [0.29, 0.717) is 69.0 Å². The molecule has 3 aliphatic heterocycles. The molecule has 15 amide bonds. The number of aliphatic hydroxyl groups excluding tert-OH is 2. The number of rotatable bonds is 24. The van der Waals surface area contributed by atoms with Crippen LogP contribution in [0.25, 0.3) is 10.9 Å². The van der Waals surface area contributed by atoms with Gasteiger partial charge in [-0.15, -0.1) is 11.8 Å². The Labute approximate surface area is 797 Å². The number of carboxylic acid groups (broad SMARTS) is 1. The molecule has 0 saturated carbocycles. The lowest BCUT2D eigenvalue weighted by Crippen LogP contribution is -2.62. The number of H-pyrrole nitrogens is 1. The number of nitrogens with one attached hydrogen (secondary N) is 10. The number of hydrogen-bond donors (Lipinski definition) is 17. The normalized spacial score (nSPS) is 24.2. The van der Waals surface area contributed by atoms with Gasteiger partial charge in [-0.25, -0.2) is 13.2 Å². The maximum absolute atomic E-state index is 15.8. The molecule has 0 bridgehead atoms. The number of aromatic amines is 1. The van der Waals surface area contributed by atoms with Crippen LogP contribution >= 0.6 is 11.8 Å². The summed E-state index contributed by atoms with van der Waals surface area (Å²) in [4.78, 5) is 247. The zero-order chi connectivity index (χ0) is 100. The summed E-state index contributed by atoms with van der Waals surface area (Å²) in [6.45, 7) is 2.76. The zero-order valence-electron chi connectivity index (χ0n) is 77.0. The van der Waals surface area contributed by atoms with Crippen molar-refractivity contribution in [2.24, 2.45) is 17.4 Å². The number of phenols is 2. The lowest BCUT2D eigenvalue weighted by Gasteiger charge is -2.38. The Hall–Kier alpha value is -14.0. The minimum atomic E-state index is -2.06. The Morgan fingerprint density at radius 2 is 0.964 bits per heavy atom. The van der Waals surface area contributed by atoms with E-state index in [0.717, 1.165) is 31.5 Å². The van der Waals surface area contributed by atoms with Crippen molar-refractivity contribution in [1.29, 1.82) is 0 Å². The van der Waals surface area contributed by atoms with E-state index in [1.54, 1.807) is 98.0 Å². The van der Waals surface area contributed by atoms with Crippen molar-refractivity contribution in [3.05, 3.63) is 203 Å². The third-order valence-electron chi connectivity index (χ3n) is 24.4. The van der Waals surface area contributed by atoms with Crippen molar-refractivity contribution in [3.63, 3.8) is 0 Å². The number of aromatic hydroxyl groups is 2. The number of halogens is 3. The van der Waals surface area contributed by atoms with Crippen molar-refractivity contribution in [1.82, 2.24) is 77.3 Å². The van der Waals surface area contributed by atoms with Gasteiger partial charge in [-0.05, 0) is 108 Å². The van der Waals surface area contributed by atoms with E-state index < -0.39 is 278 Å². The van der Waals surface area contributed by atoms with E-state index in [1.807, 2.05) is 0 Å². The topological polar surface area (TPSA) is 567 Å². The number of thioether (sulfide) groups is 1. The quantitative estimate of drug-likeness (QED) is 0.0365. The van der Waals surface area contributed by atoms with Crippen LogP contribution in [0.15, 0.2) is 152 Å². The average molecular weight is 1940 g/mol. The van der Waals surface area contributed by atoms with Crippen molar-refractivity contribution < 1.29 is 115 Å². The molecule has 42 heteroatoms. The molecule has 0 spiro atoms. The number of hydrogen-bond acceptors (Lipinski definition) is 22. The van der Waals surface area contributed by atoms with Gasteiger partial charge in [0, 0.05) is 108 Å². The van der Waals surface area contributed by atoms with Crippen molar-refractivity contribution in [2.45, 2.75) is 201 Å². The van der Waals surface area contributed by atoms with E-state index in [2.05, 4.69) is 52.8 Å². The molecule has 15 atom stereocenters. The first kappa shape index (κ1) is 106. The second kappa shape index (κ2) is 49.7. The van der Waals surface area contributed by atoms with Crippen molar-refractivity contribution in [3.8, 4) is 11.5 Å². The minimum absolute atomic E-state index is 0.00243. The van der Waals surface area contributed by atoms with Crippen LogP contribution in [0.4, 0.5) is 13.2 Å². The van der Waals surface area contributed by atoms with Gasteiger partial charge in [0.2, 0.25) is 88.6 Å². The maximum atomic E-state index is 15.8. The Kier molecular flexibility index (Phi) is 38.2. The highest BCUT2D eigenvalue weighted by molar-refractivity contribution is 8.00. The first-order valence-electron chi connectivity index (χ1n) is 45.3. The number of nitrogens with zero attached hydrogens (tertiary/aromatic N) is 5. The summed E-state index contributed by atoms with van der Waals surface area (Å²) in [5, 5.41) is 78.2. The average Bonchev–Trinajstić information content (AvgIpc) is 1.81. The third-order valence-corrected chi connectivity index (χ3v) is 25.5. The zero-order valence-corrected chi connectivity index (χ0v) is 77.8. The van der Waals surface area contributed by atoms with Gasteiger partial charge in [0.25, 0.3) is 0 Å². The van der Waals surface area contributed by atoms with Gasteiger partial charge in [-0.1, -0.05) is 137 Å². The maximum Gasteiger partial charge on any atom is 0.305 e. The smallest absolute Gasteiger partial charge is 0.305 e. The predicted molar refractivity (Wildman–Crippen MR) is 498 cm³/mol. The molecule has 1 aromatic heterocycles. The summed E-state index contributed by atoms with van der Waals surface area (Å²) in [6, 6.07) is 12.9. The fourth-order valence-corrected chi connectivity index (χ4v) is 17.8. The molecule has 7 aromatic rings. The number of carboxylic acids is 1. The van der Waals surface area contributed by atoms with Crippen LogP contribution in [0.2, 0.25) is 0 Å². The highest BCUT2D eigenvalue weighted by atomic mass is 32.2. The van der Waals surface area contributed by atoms with Crippen LogP contribution < -0.4 is 59.3 Å². The molecule has 0 unspecified atom stereocenters. The van der Waals surface area contributed by atoms with Gasteiger partial charge in [0.15, 0.2) is 17.5 Å². The number of aliphatic carboxylic acids is 1. The number of carbonyl (C=O) groups is 16. The Balaban J connectivity index is 1.07. The van der Waals surface area contributed by atoms with Crippen LogP contribution in [0.3, 0.4) is 0 Å². The number of benzene rings is 6. The number of unbranched alkanes of at least 4 members (excludes halogenated alkanes) is 1. The van der Waals surface area contributed by atoms with Gasteiger partial charge in [0.05, 0.1) is 30.9 Å². The van der Waals surface area contributed by atoms with Gasteiger partial charge in [0.1, 0.15) is 90.0 Å². The molecule has 6 aromatic carbocycles. The Morgan fingerprint density at radius 3 is 1.52 bits per heavy atom. The SMILES string of the molecule is CCCC[C@H]1C(=O)N2C[C@@H](O)C[C@@H]2C(=O)N[C@@H](CC(=O)O)C(=O)N[C@@H](C(C)C)C(=O)N(C)[C@H](Cc2ccccc2)C(=O)N[C@H](Cc2ccc(O)cc2)C(=O)N2C[C@@H](O)C[C@@H]2C(=O)N[C@@H](Cc2c[nH]c3ccccc23)C(=O)N[C@@H](Cc2ccc(O)cc2)C(=O)N[C@@H](CCCN)C(=O)N[C@H](C(=O)NCC(N)=O)CSCC(=O)N[C@@H](Cc2cc(F)c(F)c(F)c2)C(=O)N(C)[C@@H](Cc2ccccc2)C(=O)N1C. The number of likely N-dealkylation sites (N-methyl/N-ethyl adjacent to an activating group) is 3. The Morgan fingerprint density at radius 1 is 0.493 bits per heavy atom. The van der Waals surface area contributed by atoms with Crippen LogP contribution in [-0.4, -0.2) is 299 Å².